The van der Waals surface area contributed by atoms with Crippen LogP contribution in [0.4, 0.5) is 0 Å². The summed E-state index contributed by atoms with van der Waals surface area (Å²) < 4.78 is 5.04. The largest absolute Gasteiger partial charge is 0.497 e. The van der Waals surface area contributed by atoms with Crippen LogP contribution >= 0.6 is 0 Å². The van der Waals surface area contributed by atoms with Crippen LogP contribution in [0.3, 0.4) is 0 Å². The number of hydrogen-bond acceptors (Lipinski definition) is 2. The quantitative estimate of drug-likeness (QED) is 0.585. The van der Waals surface area contributed by atoms with Crippen LogP contribution in [0.2, 0.25) is 0 Å². The van der Waals surface area contributed by atoms with Gasteiger partial charge in [0, 0.05) is 12.0 Å². The third-order valence-electron chi connectivity index (χ3n) is 2.21. The van der Waals surface area contributed by atoms with Gasteiger partial charge in [-0.05, 0) is 43.5 Å². The predicted molar refractivity (Wildman–Crippen MR) is 68.9 cm³/mol. The highest BCUT2D eigenvalue weighted by atomic mass is 16.5. The summed E-state index contributed by atoms with van der Waals surface area (Å²) in [4.78, 5) is 11.4. The van der Waals surface area contributed by atoms with Crippen molar-refractivity contribution in [2.24, 2.45) is 0 Å². The maximum absolute atomic E-state index is 11.4. The summed E-state index contributed by atoms with van der Waals surface area (Å²) >= 11 is 0. The number of Topliss-reactive ketones (excluding diaryl/α,β-unsaturated/α-hetero) is 1. The van der Waals surface area contributed by atoms with Gasteiger partial charge in [0.25, 0.3) is 0 Å². The third-order valence-corrected chi connectivity index (χ3v) is 2.21. The molecule has 1 aromatic rings. The number of ketones is 1. The van der Waals surface area contributed by atoms with Gasteiger partial charge in [0.2, 0.25) is 5.78 Å². The van der Waals surface area contributed by atoms with Gasteiger partial charge in [0.1, 0.15) is 5.75 Å². The molecular weight excluding hydrogens is 212 g/mol. The molecule has 17 heavy (non-hydrogen) atoms. The monoisotopic (exact) mass is 228 g/mol. The lowest BCUT2D eigenvalue weighted by Crippen LogP contribution is -1.91. The highest BCUT2D eigenvalue weighted by Gasteiger charge is 1.94. The number of hydrogen-bond donors (Lipinski definition) is 0. The Morgan fingerprint density at radius 2 is 2.06 bits per heavy atom. The maximum Gasteiger partial charge on any atom is 0.206 e. The second-order valence-electron chi connectivity index (χ2n) is 3.51. The van der Waals surface area contributed by atoms with E-state index < -0.39 is 0 Å². The van der Waals surface area contributed by atoms with E-state index >= 15 is 0 Å². The van der Waals surface area contributed by atoms with Crippen LogP contribution < -0.4 is 4.74 Å². The molecule has 0 radical (unpaired) electrons. The van der Waals surface area contributed by atoms with E-state index in [1.165, 1.54) is 0 Å². The number of rotatable bonds is 4. The zero-order valence-corrected chi connectivity index (χ0v) is 10.2. The summed E-state index contributed by atoms with van der Waals surface area (Å²) in [7, 11) is 1.62. The first-order chi connectivity index (χ1) is 8.26. The van der Waals surface area contributed by atoms with Gasteiger partial charge in [0.05, 0.1) is 7.11 Å². The predicted octanol–water partition coefficient (Wildman–Crippen LogP) is 2.97. The minimum absolute atomic E-state index is 0.0288. The maximum atomic E-state index is 11.4. The number of benzene rings is 1. The molecule has 0 fully saturated rings. The fraction of sp³-hybridized carbons (Fsp3) is 0.267. The second kappa shape index (κ2) is 7.29. The molecule has 2 heteroatoms. The lowest BCUT2D eigenvalue weighted by molar-refractivity contribution is -0.113. The molecule has 0 aromatic heterocycles. The first-order valence-corrected chi connectivity index (χ1v) is 5.56. The molecule has 0 heterocycles. The van der Waals surface area contributed by atoms with Crippen LogP contribution in [0.25, 0.3) is 0 Å². The minimum Gasteiger partial charge on any atom is -0.497 e. The van der Waals surface area contributed by atoms with Crippen molar-refractivity contribution in [3.8, 4) is 17.6 Å². The van der Waals surface area contributed by atoms with E-state index in [0.29, 0.717) is 6.42 Å². The standard InChI is InChI=1S/C15H16O2/c1-3-4-5-6-14(16)10-7-13-8-11-15(17-2)12-9-13/h3-4,8-9,11-12H,5-6H2,1-2H3/b4-3+. The molecule has 0 spiro atoms. The summed E-state index contributed by atoms with van der Waals surface area (Å²) in [6.07, 6.45) is 5.14. The lowest BCUT2D eigenvalue weighted by Gasteiger charge is -1.97. The van der Waals surface area contributed by atoms with Crippen molar-refractivity contribution in [3.63, 3.8) is 0 Å². The fourth-order valence-electron chi connectivity index (χ4n) is 1.26. The molecule has 0 aliphatic heterocycles. The van der Waals surface area contributed by atoms with E-state index in [9.17, 15) is 4.79 Å². The molecule has 0 amide bonds. The van der Waals surface area contributed by atoms with Crippen molar-refractivity contribution < 1.29 is 9.53 Å². The van der Waals surface area contributed by atoms with E-state index in [4.69, 9.17) is 4.74 Å². The summed E-state index contributed by atoms with van der Waals surface area (Å²) in [6.45, 7) is 1.94. The molecule has 1 rings (SSSR count). The Bertz CT molecular complexity index is 444. The summed E-state index contributed by atoms with van der Waals surface area (Å²) in [5.41, 5.74) is 0.824. The minimum atomic E-state index is -0.0288. The fourth-order valence-corrected chi connectivity index (χ4v) is 1.26. The first-order valence-electron chi connectivity index (χ1n) is 5.56. The normalized spacial score (nSPS) is 9.76. The molecule has 0 aliphatic rings. The highest BCUT2D eigenvalue weighted by Crippen LogP contribution is 2.10. The lowest BCUT2D eigenvalue weighted by atomic mass is 10.2. The first kappa shape index (κ1) is 13.1. The van der Waals surface area contributed by atoms with E-state index in [2.05, 4.69) is 11.8 Å². The van der Waals surface area contributed by atoms with Crippen molar-refractivity contribution in [1.82, 2.24) is 0 Å². The van der Waals surface area contributed by atoms with Gasteiger partial charge in [-0.2, -0.15) is 0 Å². The van der Waals surface area contributed by atoms with Gasteiger partial charge in [-0.3, -0.25) is 4.79 Å². The van der Waals surface area contributed by atoms with Gasteiger partial charge < -0.3 is 4.74 Å². The average molecular weight is 228 g/mol. The van der Waals surface area contributed by atoms with Gasteiger partial charge in [-0.25, -0.2) is 0 Å². The van der Waals surface area contributed by atoms with Crippen molar-refractivity contribution in [2.75, 3.05) is 7.11 Å². The topological polar surface area (TPSA) is 26.3 Å². The molecule has 88 valence electrons. The summed E-state index contributed by atoms with van der Waals surface area (Å²) in [6, 6.07) is 7.33. The highest BCUT2D eigenvalue weighted by molar-refractivity contribution is 5.96. The molecule has 0 aliphatic carbocycles. The number of methoxy groups -OCH3 is 1. The molecule has 1 aromatic carbocycles. The number of carbonyl (C=O) groups is 1. The van der Waals surface area contributed by atoms with Crippen molar-refractivity contribution in [3.05, 3.63) is 42.0 Å². The molecule has 0 bridgehead atoms. The van der Waals surface area contributed by atoms with Crippen molar-refractivity contribution >= 4 is 5.78 Å². The average Bonchev–Trinajstić information content (AvgIpc) is 2.37. The van der Waals surface area contributed by atoms with E-state index in [0.717, 1.165) is 17.7 Å². The van der Waals surface area contributed by atoms with Crippen molar-refractivity contribution in [1.29, 1.82) is 0 Å². The van der Waals surface area contributed by atoms with Crippen LogP contribution in [-0.2, 0) is 4.79 Å². The molecule has 0 saturated carbocycles. The Morgan fingerprint density at radius 1 is 1.35 bits per heavy atom. The number of ether oxygens (including phenoxy) is 1. The van der Waals surface area contributed by atoms with Gasteiger partial charge >= 0.3 is 0 Å². The summed E-state index contributed by atoms with van der Waals surface area (Å²) in [5.74, 6) is 6.23. The van der Waals surface area contributed by atoms with Crippen LogP contribution in [0, 0.1) is 11.8 Å². The molecule has 0 saturated heterocycles. The van der Waals surface area contributed by atoms with Crippen LogP contribution in [0.15, 0.2) is 36.4 Å². The van der Waals surface area contributed by atoms with Gasteiger partial charge in [0.15, 0.2) is 0 Å². The van der Waals surface area contributed by atoms with Crippen LogP contribution in [0.1, 0.15) is 25.3 Å². The summed E-state index contributed by atoms with van der Waals surface area (Å²) in [5, 5.41) is 0. The Kier molecular flexibility index (Phi) is 5.60. The Labute approximate surface area is 102 Å². The zero-order chi connectivity index (χ0) is 12.5. The third kappa shape index (κ3) is 5.03. The molecule has 0 N–H and O–H groups in total. The SMILES string of the molecule is C/C=C/CCC(=O)C#Cc1ccc(OC)cc1. The van der Waals surface area contributed by atoms with E-state index in [-0.39, 0.29) is 5.78 Å². The van der Waals surface area contributed by atoms with E-state index in [1.807, 2.05) is 43.3 Å². The smallest absolute Gasteiger partial charge is 0.206 e. The van der Waals surface area contributed by atoms with Crippen molar-refractivity contribution in [2.45, 2.75) is 19.8 Å². The number of allylic oxidation sites excluding steroid dienone is 2. The van der Waals surface area contributed by atoms with Gasteiger partial charge in [-0.1, -0.05) is 18.1 Å². The molecule has 2 nitrogen and oxygen atoms in total. The molecule has 0 atom stereocenters. The Hall–Kier alpha value is -2.01. The van der Waals surface area contributed by atoms with Crippen LogP contribution in [-0.4, -0.2) is 12.9 Å². The zero-order valence-electron chi connectivity index (χ0n) is 10.2. The second-order valence-corrected chi connectivity index (χ2v) is 3.51. The molecular formula is C15H16O2. The Balaban J connectivity index is 2.55. The number of carbonyl (C=O) groups excluding carboxylic acids is 1. The Morgan fingerprint density at radius 3 is 2.65 bits per heavy atom. The van der Waals surface area contributed by atoms with Gasteiger partial charge in [-0.15, -0.1) is 0 Å². The molecule has 0 unspecified atom stereocenters. The van der Waals surface area contributed by atoms with Crippen LogP contribution in [0.5, 0.6) is 5.75 Å². The van der Waals surface area contributed by atoms with E-state index in [1.54, 1.807) is 7.11 Å².